The maximum Gasteiger partial charge on any atom is 0.347 e. The van der Waals surface area contributed by atoms with Crippen molar-refractivity contribution in [2.75, 3.05) is 0 Å². The Hall–Kier alpha value is -0.900. The average molecular weight is 225 g/mol. The minimum Gasteiger partial charge on any atom is -0.477 e. The Morgan fingerprint density at radius 2 is 2.27 bits per heavy atom. The Morgan fingerprint density at radius 1 is 1.60 bits per heavy atom. The average Bonchev–Trinajstić information content (AvgIpc) is 2.78. The number of aromatic carboxylic acids is 1. The zero-order valence-corrected chi connectivity index (χ0v) is 9.86. The van der Waals surface area contributed by atoms with Crippen molar-refractivity contribution in [3.05, 3.63) is 15.6 Å². The third kappa shape index (κ3) is 1.91. The van der Waals surface area contributed by atoms with Crippen molar-refractivity contribution >= 4 is 17.3 Å². The summed E-state index contributed by atoms with van der Waals surface area (Å²) in [6.45, 7) is 4.21. The summed E-state index contributed by atoms with van der Waals surface area (Å²) >= 11 is 1.37. The molecular formula is C11H15NO2S. The Kier molecular flexibility index (Phi) is 2.54. The zero-order chi connectivity index (χ0) is 11.1. The van der Waals surface area contributed by atoms with Crippen LogP contribution in [0.4, 0.5) is 0 Å². The van der Waals surface area contributed by atoms with Crippen molar-refractivity contribution in [2.45, 2.75) is 44.9 Å². The summed E-state index contributed by atoms with van der Waals surface area (Å²) in [5.41, 5.74) is 0.957. The van der Waals surface area contributed by atoms with E-state index in [2.05, 4.69) is 11.9 Å². The molecule has 1 aromatic heterocycles. The van der Waals surface area contributed by atoms with Crippen LogP contribution in [0.2, 0.25) is 0 Å². The van der Waals surface area contributed by atoms with Crippen LogP contribution in [-0.2, 0) is 11.8 Å². The Morgan fingerprint density at radius 3 is 2.73 bits per heavy atom. The van der Waals surface area contributed by atoms with Crippen molar-refractivity contribution in [2.24, 2.45) is 0 Å². The lowest BCUT2D eigenvalue weighted by molar-refractivity contribution is 0.0700. The van der Waals surface area contributed by atoms with E-state index < -0.39 is 5.97 Å². The lowest BCUT2D eigenvalue weighted by Crippen LogP contribution is -2.00. The van der Waals surface area contributed by atoms with E-state index in [0.717, 1.165) is 36.4 Å². The molecule has 0 saturated heterocycles. The predicted molar refractivity (Wildman–Crippen MR) is 59.7 cm³/mol. The summed E-state index contributed by atoms with van der Waals surface area (Å²) in [5.74, 6) is -0.827. The SMILES string of the molecule is CCCc1nc(C2(C)CC2)sc1C(=O)O. The number of thiazole rings is 1. The number of rotatable bonds is 4. The normalized spacial score (nSPS) is 17.7. The number of nitrogens with zero attached hydrogens (tertiary/aromatic N) is 1. The van der Waals surface area contributed by atoms with Crippen molar-refractivity contribution in [3.8, 4) is 0 Å². The Bertz CT molecular complexity index is 393. The number of hydrogen-bond acceptors (Lipinski definition) is 3. The predicted octanol–water partition coefficient (Wildman–Crippen LogP) is 2.85. The van der Waals surface area contributed by atoms with Gasteiger partial charge in [0.15, 0.2) is 0 Å². The molecule has 1 N–H and O–H groups in total. The molecule has 82 valence electrons. The number of carbonyl (C=O) groups is 1. The van der Waals surface area contributed by atoms with Gasteiger partial charge in [-0.05, 0) is 19.3 Å². The fraction of sp³-hybridized carbons (Fsp3) is 0.636. The van der Waals surface area contributed by atoms with Gasteiger partial charge in [-0.2, -0.15) is 0 Å². The van der Waals surface area contributed by atoms with Gasteiger partial charge in [0.2, 0.25) is 0 Å². The molecule has 0 bridgehead atoms. The second-order valence-electron chi connectivity index (χ2n) is 4.41. The van der Waals surface area contributed by atoms with Crippen LogP contribution in [0.15, 0.2) is 0 Å². The van der Waals surface area contributed by atoms with Crippen LogP contribution in [0.25, 0.3) is 0 Å². The van der Waals surface area contributed by atoms with E-state index in [0.29, 0.717) is 4.88 Å². The van der Waals surface area contributed by atoms with Crippen LogP contribution in [0.1, 0.15) is 53.5 Å². The van der Waals surface area contributed by atoms with Gasteiger partial charge in [-0.1, -0.05) is 20.3 Å². The topological polar surface area (TPSA) is 50.2 Å². The molecule has 1 fully saturated rings. The van der Waals surface area contributed by atoms with Crippen molar-refractivity contribution in [1.82, 2.24) is 4.98 Å². The first kappa shape index (κ1) is 10.6. The molecule has 3 nitrogen and oxygen atoms in total. The van der Waals surface area contributed by atoms with Gasteiger partial charge in [0.05, 0.1) is 10.7 Å². The number of hydrogen-bond donors (Lipinski definition) is 1. The second kappa shape index (κ2) is 3.59. The van der Waals surface area contributed by atoms with Gasteiger partial charge in [-0.3, -0.25) is 0 Å². The summed E-state index contributed by atoms with van der Waals surface area (Å²) in [4.78, 5) is 16.0. The van der Waals surface area contributed by atoms with Gasteiger partial charge in [0, 0.05) is 5.41 Å². The highest BCUT2D eigenvalue weighted by atomic mass is 32.1. The van der Waals surface area contributed by atoms with E-state index in [9.17, 15) is 4.79 Å². The highest BCUT2D eigenvalue weighted by Crippen LogP contribution is 2.49. The fourth-order valence-corrected chi connectivity index (χ4v) is 2.74. The summed E-state index contributed by atoms with van der Waals surface area (Å²) in [6.07, 6.45) is 4.00. The van der Waals surface area contributed by atoms with Crippen LogP contribution >= 0.6 is 11.3 Å². The molecule has 15 heavy (non-hydrogen) atoms. The summed E-state index contributed by atoms with van der Waals surface area (Å²) < 4.78 is 0. The third-order valence-corrected chi connectivity index (χ3v) is 4.29. The Balaban J connectivity index is 2.35. The summed E-state index contributed by atoms with van der Waals surface area (Å²) in [7, 11) is 0. The molecule has 1 aromatic rings. The number of aryl methyl sites for hydroxylation is 1. The van der Waals surface area contributed by atoms with E-state index in [4.69, 9.17) is 5.11 Å². The first-order chi connectivity index (χ1) is 7.07. The molecule has 4 heteroatoms. The highest BCUT2D eigenvalue weighted by molar-refractivity contribution is 7.13. The molecular weight excluding hydrogens is 210 g/mol. The molecule has 0 atom stereocenters. The molecule has 2 rings (SSSR count). The minimum absolute atomic E-state index is 0.181. The van der Waals surface area contributed by atoms with Crippen molar-refractivity contribution in [1.29, 1.82) is 0 Å². The molecule has 0 spiro atoms. The van der Waals surface area contributed by atoms with Crippen LogP contribution in [0.5, 0.6) is 0 Å². The first-order valence-electron chi connectivity index (χ1n) is 5.30. The molecule has 0 aromatic carbocycles. The third-order valence-electron chi connectivity index (χ3n) is 2.89. The van der Waals surface area contributed by atoms with Gasteiger partial charge in [0.25, 0.3) is 0 Å². The lowest BCUT2D eigenvalue weighted by Gasteiger charge is -2.00. The molecule has 0 unspecified atom stereocenters. The minimum atomic E-state index is -0.827. The number of aromatic nitrogens is 1. The van der Waals surface area contributed by atoms with E-state index >= 15 is 0 Å². The molecule has 1 saturated carbocycles. The van der Waals surface area contributed by atoms with Gasteiger partial charge in [-0.25, -0.2) is 9.78 Å². The van der Waals surface area contributed by atoms with Crippen LogP contribution in [0.3, 0.4) is 0 Å². The second-order valence-corrected chi connectivity index (χ2v) is 5.41. The molecule has 1 aliphatic rings. The molecule has 1 aliphatic carbocycles. The summed E-state index contributed by atoms with van der Waals surface area (Å²) in [6, 6.07) is 0. The number of carboxylic acids is 1. The summed E-state index contributed by atoms with van der Waals surface area (Å²) in [5, 5.41) is 10.1. The van der Waals surface area contributed by atoms with Gasteiger partial charge in [0.1, 0.15) is 4.88 Å². The van der Waals surface area contributed by atoms with E-state index in [-0.39, 0.29) is 5.41 Å². The maximum atomic E-state index is 11.0. The van der Waals surface area contributed by atoms with Gasteiger partial charge < -0.3 is 5.11 Å². The first-order valence-corrected chi connectivity index (χ1v) is 6.12. The van der Waals surface area contributed by atoms with Crippen LogP contribution in [-0.4, -0.2) is 16.1 Å². The van der Waals surface area contributed by atoms with E-state index in [1.807, 2.05) is 6.92 Å². The molecule has 0 aliphatic heterocycles. The van der Waals surface area contributed by atoms with Crippen molar-refractivity contribution < 1.29 is 9.90 Å². The van der Waals surface area contributed by atoms with Crippen molar-refractivity contribution in [3.63, 3.8) is 0 Å². The lowest BCUT2D eigenvalue weighted by atomic mass is 10.1. The highest BCUT2D eigenvalue weighted by Gasteiger charge is 2.42. The Labute approximate surface area is 93.2 Å². The number of carboxylic acid groups (broad SMARTS) is 1. The van der Waals surface area contributed by atoms with Crippen LogP contribution < -0.4 is 0 Å². The largest absolute Gasteiger partial charge is 0.477 e. The van der Waals surface area contributed by atoms with Gasteiger partial charge in [-0.15, -0.1) is 11.3 Å². The zero-order valence-electron chi connectivity index (χ0n) is 9.04. The standard InChI is InChI=1S/C11H15NO2S/c1-3-4-7-8(9(13)14)15-10(12-7)11(2)5-6-11/h3-6H2,1-2H3,(H,13,14). The molecule has 0 amide bonds. The van der Waals surface area contributed by atoms with Crippen LogP contribution in [0, 0.1) is 0 Å². The van der Waals surface area contributed by atoms with E-state index in [1.165, 1.54) is 11.3 Å². The molecule has 1 heterocycles. The monoisotopic (exact) mass is 225 g/mol. The molecule has 0 radical (unpaired) electrons. The fourth-order valence-electron chi connectivity index (χ4n) is 1.58. The smallest absolute Gasteiger partial charge is 0.347 e. The van der Waals surface area contributed by atoms with E-state index in [1.54, 1.807) is 0 Å². The van der Waals surface area contributed by atoms with Gasteiger partial charge >= 0.3 is 5.97 Å². The maximum absolute atomic E-state index is 11.0. The quantitative estimate of drug-likeness (QED) is 0.857.